The van der Waals surface area contributed by atoms with Gasteiger partial charge < -0.3 is 14.4 Å². The van der Waals surface area contributed by atoms with E-state index in [1.165, 1.54) is 16.4 Å². The molecule has 2 unspecified atom stereocenters. The van der Waals surface area contributed by atoms with Crippen molar-refractivity contribution >= 4 is 15.9 Å². The van der Waals surface area contributed by atoms with E-state index in [9.17, 15) is 13.2 Å². The van der Waals surface area contributed by atoms with E-state index in [4.69, 9.17) is 9.47 Å². The summed E-state index contributed by atoms with van der Waals surface area (Å²) in [6, 6.07) is 4.06. The van der Waals surface area contributed by atoms with Crippen molar-refractivity contribution in [2.75, 3.05) is 32.8 Å². The molecule has 2 saturated heterocycles. The number of carbonyl (C=O) groups is 1. The highest BCUT2D eigenvalue weighted by Crippen LogP contribution is 2.35. The molecule has 3 heterocycles. The minimum atomic E-state index is -3.77. The van der Waals surface area contributed by atoms with Gasteiger partial charge in [0.2, 0.25) is 15.9 Å². The number of hydrogen-bond donors (Lipinski definition) is 0. The van der Waals surface area contributed by atoms with E-state index in [-0.39, 0.29) is 10.8 Å². The fourth-order valence-electron chi connectivity index (χ4n) is 4.19. The van der Waals surface area contributed by atoms with Crippen LogP contribution < -0.4 is 9.47 Å². The van der Waals surface area contributed by atoms with Gasteiger partial charge in [0.15, 0.2) is 11.5 Å². The molecule has 0 bridgehead atoms. The zero-order valence-corrected chi connectivity index (χ0v) is 16.4. The van der Waals surface area contributed by atoms with Crippen LogP contribution in [0.25, 0.3) is 0 Å². The van der Waals surface area contributed by atoms with E-state index < -0.39 is 16.1 Å². The lowest BCUT2D eigenvalue weighted by Gasteiger charge is -2.34. The molecule has 0 aromatic heterocycles. The van der Waals surface area contributed by atoms with Crippen molar-refractivity contribution < 1.29 is 22.7 Å². The van der Waals surface area contributed by atoms with Crippen LogP contribution >= 0.6 is 0 Å². The van der Waals surface area contributed by atoms with Gasteiger partial charge in [0.25, 0.3) is 0 Å². The fourth-order valence-corrected chi connectivity index (χ4v) is 5.86. The molecule has 1 amide bonds. The second kappa shape index (κ2) is 7.31. The number of likely N-dealkylation sites (tertiary alicyclic amines) is 1. The number of benzene rings is 1. The summed E-state index contributed by atoms with van der Waals surface area (Å²) in [6.45, 7) is 4.80. The predicted molar refractivity (Wildman–Crippen MR) is 99.3 cm³/mol. The van der Waals surface area contributed by atoms with Crippen molar-refractivity contribution in [2.45, 2.75) is 43.5 Å². The Balaban J connectivity index is 1.58. The topological polar surface area (TPSA) is 76.2 Å². The molecule has 148 valence electrons. The van der Waals surface area contributed by atoms with E-state index in [0.29, 0.717) is 56.6 Å². The molecule has 0 saturated carbocycles. The number of nitrogens with zero attached hydrogens (tertiary/aromatic N) is 2. The molecule has 3 aliphatic rings. The Morgan fingerprint density at radius 1 is 1.07 bits per heavy atom. The fraction of sp³-hybridized carbons (Fsp3) is 0.632. The molecular formula is C19H26N2O5S. The molecule has 2 fully saturated rings. The summed E-state index contributed by atoms with van der Waals surface area (Å²) >= 11 is 0. The highest BCUT2D eigenvalue weighted by atomic mass is 32.2. The average Bonchev–Trinajstić information content (AvgIpc) is 3.17. The van der Waals surface area contributed by atoms with Crippen molar-refractivity contribution in [1.82, 2.24) is 9.21 Å². The largest absolute Gasteiger partial charge is 0.486 e. The van der Waals surface area contributed by atoms with Crippen molar-refractivity contribution in [3.63, 3.8) is 0 Å². The minimum Gasteiger partial charge on any atom is -0.486 e. The number of ether oxygens (including phenoxy) is 2. The van der Waals surface area contributed by atoms with E-state index in [2.05, 4.69) is 6.92 Å². The Morgan fingerprint density at radius 3 is 2.59 bits per heavy atom. The van der Waals surface area contributed by atoms with E-state index >= 15 is 0 Å². The number of amides is 1. The minimum absolute atomic E-state index is 0.0554. The van der Waals surface area contributed by atoms with E-state index in [1.807, 2.05) is 4.90 Å². The second-order valence-corrected chi connectivity index (χ2v) is 9.50. The van der Waals surface area contributed by atoms with Gasteiger partial charge in [-0.3, -0.25) is 4.79 Å². The number of fused-ring (bicyclic) bond motifs is 1. The number of hydrogen-bond acceptors (Lipinski definition) is 5. The zero-order chi connectivity index (χ0) is 19.0. The van der Waals surface area contributed by atoms with Crippen LogP contribution in [-0.4, -0.2) is 62.4 Å². The molecule has 3 aliphatic heterocycles. The summed E-state index contributed by atoms with van der Waals surface area (Å²) in [6.07, 6.45) is 3.37. The maximum Gasteiger partial charge on any atom is 0.243 e. The third-order valence-corrected chi connectivity index (χ3v) is 7.48. The van der Waals surface area contributed by atoms with Crippen molar-refractivity contribution in [2.24, 2.45) is 5.92 Å². The molecule has 0 aliphatic carbocycles. The standard InChI is InChI=1S/C19H26N2O5S/c1-14-4-2-8-20(13-14)19(22)16-5-3-9-21(16)27(23,24)15-6-7-17-18(12-15)26-11-10-25-17/h6-7,12,14,16H,2-5,8-11,13H2,1H3. The van der Waals surface area contributed by atoms with Gasteiger partial charge in [-0.15, -0.1) is 0 Å². The molecule has 1 aromatic carbocycles. The normalized spacial score (nSPS) is 26.2. The monoisotopic (exact) mass is 394 g/mol. The number of rotatable bonds is 3. The number of sulfonamides is 1. The molecule has 2 atom stereocenters. The third kappa shape index (κ3) is 3.52. The smallest absolute Gasteiger partial charge is 0.243 e. The van der Waals surface area contributed by atoms with Gasteiger partial charge in [0, 0.05) is 25.7 Å². The summed E-state index contributed by atoms with van der Waals surface area (Å²) in [5.41, 5.74) is 0. The average molecular weight is 394 g/mol. The van der Waals surface area contributed by atoms with Crippen LogP contribution in [0, 0.1) is 5.92 Å². The van der Waals surface area contributed by atoms with Gasteiger partial charge in [-0.25, -0.2) is 8.42 Å². The molecule has 8 heteroatoms. The molecule has 7 nitrogen and oxygen atoms in total. The first-order chi connectivity index (χ1) is 13.0. The van der Waals surface area contributed by atoms with E-state index in [0.717, 1.165) is 19.4 Å². The van der Waals surface area contributed by atoms with Crippen LogP contribution in [0.4, 0.5) is 0 Å². The highest BCUT2D eigenvalue weighted by molar-refractivity contribution is 7.89. The summed E-state index contributed by atoms with van der Waals surface area (Å²) in [5, 5.41) is 0. The van der Waals surface area contributed by atoms with Crippen LogP contribution in [0.2, 0.25) is 0 Å². The number of carbonyl (C=O) groups excluding carboxylic acids is 1. The Morgan fingerprint density at radius 2 is 1.81 bits per heavy atom. The third-order valence-electron chi connectivity index (χ3n) is 5.58. The molecular weight excluding hydrogens is 368 g/mol. The lowest BCUT2D eigenvalue weighted by Crippen LogP contribution is -2.50. The quantitative estimate of drug-likeness (QED) is 0.782. The summed E-state index contributed by atoms with van der Waals surface area (Å²) in [5.74, 6) is 1.40. The van der Waals surface area contributed by atoms with Gasteiger partial charge in [-0.2, -0.15) is 4.31 Å². The van der Waals surface area contributed by atoms with Crippen LogP contribution in [0.15, 0.2) is 23.1 Å². The first kappa shape index (κ1) is 18.6. The Labute approximate surface area is 160 Å². The van der Waals surface area contributed by atoms with Crippen LogP contribution in [-0.2, 0) is 14.8 Å². The van der Waals surface area contributed by atoms with Gasteiger partial charge in [0.05, 0.1) is 4.90 Å². The van der Waals surface area contributed by atoms with Gasteiger partial charge >= 0.3 is 0 Å². The Hall–Kier alpha value is -1.80. The molecule has 4 rings (SSSR count). The van der Waals surface area contributed by atoms with Crippen molar-refractivity contribution in [3.8, 4) is 11.5 Å². The molecule has 0 spiro atoms. The first-order valence-electron chi connectivity index (χ1n) is 9.67. The van der Waals surface area contributed by atoms with Crippen LogP contribution in [0.3, 0.4) is 0 Å². The lowest BCUT2D eigenvalue weighted by molar-refractivity contribution is -0.136. The summed E-state index contributed by atoms with van der Waals surface area (Å²) < 4.78 is 38.8. The SMILES string of the molecule is CC1CCCN(C(=O)C2CCCN2S(=O)(=O)c2ccc3c(c2)OCCO3)C1. The van der Waals surface area contributed by atoms with Gasteiger partial charge in [-0.05, 0) is 43.7 Å². The molecule has 1 aromatic rings. The Kier molecular flexibility index (Phi) is 5.03. The lowest BCUT2D eigenvalue weighted by atomic mass is 9.99. The molecule has 27 heavy (non-hydrogen) atoms. The van der Waals surface area contributed by atoms with Crippen LogP contribution in [0.1, 0.15) is 32.6 Å². The maximum atomic E-state index is 13.2. The molecule has 0 N–H and O–H groups in total. The maximum absolute atomic E-state index is 13.2. The number of piperidine rings is 1. The zero-order valence-electron chi connectivity index (χ0n) is 15.6. The second-order valence-electron chi connectivity index (χ2n) is 7.61. The van der Waals surface area contributed by atoms with Crippen molar-refractivity contribution in [1.29, 1.82) is 0 Å². The highest BCUT2D eigenvalue weighted by Gasteiger charge is 2.42. The summed E-state index contributed by atoms with van der Waals surface area (Å²) in [4.78, 5) is 15.0. The van der Waals surface area contributed by atoms with Gasteiger partial charge in [0.1, 0.15) is 19.3 Å². The van der Waals surface area contributed by atoms with Crippen LogP contribution in [0.5, 0.6) is 11.5 Å². The molecule has 0 radical (unpaired) electrons. The summed E-state index contributed by atoms with van der Waals surface area (Å²) in [7, 11) is -3.77. The predicted octanol–water partition coefficient (Wildman–Crippen LogP) is 1.87. The van der Waals surface area contributed by atoms with Gasteiger partial charge in [-0.1, -0.05) is 6.92 Å². The first-order valence-corrected chi connectivity index (χ1v) is 11.1. The van der Waals surface area contributed by atoms with E-state index in [1.54, 1.807) is 6.07 Å². The van der Waals surface area contributed by atoms with Crippen molar-refractivity contribution in [3.05, 3.63) is 18.2 Å². The Bertz CT molecular complexity index is 825.